The third kappa shape index (κ3) is 4.41. The van der Waals surface area contributed by atoms with Gasteiger partial charge in [-0.15, -0.1) is 11.3 Å². The Hall–Kier alpha value is -1.51. The van der Waals surface area contributed by atoms with Crippen molar-refractivity contribution in [1.82, 2.24) is 9.80 Å². The Bertz CT molecular complexity index is 925. The molecule has 0 radical (unpaired) electrons. The molecule has 2 aromatic rings. The predicted molar refractivity (Wildman–Crippen MR) is 112 cm³/mol. The summed E-state index contributed by atoms with van der Waals surface area (Å²) < 4.78 is 43.8. The number of ether oxygens (including phenoxy) is 1. The van der Waals surface area contributed by atoms with E-state index in [-0.39, 0.29) is 5.54 Å². The van der Waals surface area contributed by atoms with Gasteiger partial charge in [-0.25, -0.2) is 4.79 Å². The number of amides is 1. The van der Waals surface area contributed by atoms with Crippen LogP contribution in [0.1, 0.15) is 37.5 Å². The summed E-state index contributed by atoms with van der Waals surface area (Å²) in [5, 5.41) is 1.87. The van der Waals surface area contributed by atoms with Crippen molar-refractivity contribution in [2.75, 3.05) is 19.6 Å². The fraction of sp³-hybridized carbons (Fsp3) is 0.571. The van der Waals surface area contributed by atoms with E-state index in [0.29, 0.717) is 13.1 Å². The number of thiophene rings is 1. The average molecular weight is 461 g/mol. The summed E-state index contributed by atoms with van der Waals surface area (Å²) in [7, 11) is 0. The van der Waals surface area contributed by atoms with Crippen LogP contribution in [0.3, 0.4) is 0 Å². The number of nitrogens with zero attached hydrogens (tertiary/aromatic N) is 2. The molecule has 2 fully saturated rings. The maximum Gasteiger partial charge on any atom is 0.425 e. The van der Waals surface area contributed by atoms with Crippen LogP contribution in [0.5, 0.6) is 0 Å². The fourth-order valence-corrected chi connectivity index (χ4v) is 5.78. The van der Waals surface area contributed by atoms with Crippen LogP contribution in [0.4, 0.5) is 18.0 Å². The molecule has 1 aromatic carbocycles. The van der Waals surface area contributed by atoms with Crippen LogP contribution in [0.15, 0.2) is 24.3 Å². The zero-order valence-electron chi connectivity index (χ0n) is 16.7. The van der Waals surface area contributed by atoms with Crippen molar-refractivity contribution in [2.24, 2.45) is 0 Å². The molecule has 9 heteroatoms. The Balaban J connectivity index is 1.39. The highest BCUT2D eigenvalue weighted by Gasteiger charge is 2.45. The van der Waals surface area contributed by atoms with E-state index in [1.165, 1.54) is 14.5 Å². The lowest BCUT2D eigenvalue weighted by Crippen LogP contribution is -2.53. The zero-order valence-corrected chi connectivity index (χ0v) is 18.2. The minimum absolute atomic E-state index is 0.000241. The molecular formula is C21H24ClF3N2O2S. The molecular weight excluding hydrogens is 437 g/mol. The van der Waals surface area contributed by atoms with Gasteiger partial charge in [0.1, 0.15) is 0 Å². The molecule has 2 aliphatic heterocycles. The maximum atomic E-state index is 12.7. The van der Waals surface area contributed by atoms with Crippen molar-refractivity contribution in [2.45, 2.75) is 57.0 Å². The first-order valence-electron chi connectivity index (χ1n) is 10.1. The van der Waals surface area contributed by atoms with E-state index in [1.807, 2.05) is 18.2 Å². The Morgan fingerprint density at radius 2 is 1.97 bits per heavy atom. The highest BCUT2D eigenvalue weighted by atomic mass is 35.5. The highest BCUT2D eigenvalue weighted by Crippen LogP contribution is 2.41. The molecule has 0 bridgehead atoms. The van der Waals surface area contributed by atoms with E-state index in [0.717, 1.165) is 56.1 Å². The number of hydrogen-bond donors (Lipinski definition) is 0. The Morgan fingerprint density at radius 1 is 1.23 bits per heavy atom. The molecule has 2 aliphatic rings. The summed E-state index contributed by atoms with van der Waals surface area (Å²) in [6, 6.07) is 8.10. The molecule has 1 amide bonds. The summed E-state index contributed by atoms with van der Waals surface area (Å²) in [6.45, 7) is 3.53. The standard InChI is InChI=1S/C21H24ClF3N2O2S/c1-14(21(23,24)25)29-19(28)26-9-6-20(7-10-26)5-2-8-27(20)13-17-12-15-11-16(22)3-4-18(15)30-17/h3-4,11-12,14H,2,5-10,13H2,1H3. The van der Waals surface area contributed by atoms with Crippen molar-refractivity contribution in [3.8, 4) is 0 Å². The van der Waals surface area contributed by atoms with Crippen LogP contribution in [0.2, 0.25) is 5.02 Å². The Kier molecular flexibility index (Phi) is 5.94. The van der Waals surface area contributed by atoms with Gasteiger partial charge in [0.2, 0.25) is 0 Å². The third-order valence-corrected chi connectivity index (χ3v) is 7.64. The number of alkyl halides is 3. The summed E-state index contributed by atoms with van der Waals surface area (Å²) in [5.74, 6) is 0. The first kappa shape index (κ1) is 21.7. The van der Waals surface area contributed by atoms with E-state index < -0.39 is 18.4 Å². The van der Waals surface area contributed by atoms with Gasteiger partial charge in [0, 0.05) is 39.8 Å². The molecule has 1 aromatic heterocycles. The van der Waals surface area contributed by atoms with E-state index in [1.54, 1.807) is 11.3 Å². The van der Waals surface area contributed by atoms with Gasteiger partial charge >= 0.3 is 12.3 Å². The molecule has 3 heterocycles. The molecule has 0 aliphatic carbocycles. The topological polar surface area (TPSA) is 32.8 Å². The molecule has 1 spiro atoms. The minimum Gasteiger partial charge on any atom is -0.437 e. The average Bonchev–Trinajstić information content (AvgIpc) is 3.25. The van der Waals surface area contributed by atoms with Crippen LogP contribution >= 0.6 is 22.9 Å². The van der Waals surface area contributed by atoms with Crippen LogP contribution < -0.4 is 0 Å². The van der Waals surface area contributed by atoms with Gasteiger partial charge < -0.3 is 9.64 Å². The van der Waals surface area contributed by atoms with E-state index in [4.69, 9.17) is 11.6 Å². The van der Waals surface area contributed by atoms with Crippen LogP contribution in [-0.4, -0.2) is 53.3 Å². The monoisotopic (exact) mass is 460 g/mol. The fourth-order valence-electron chi connectivity index (χ4n) is 4.54. The van der Waals surface area contributed by atoms with Gasteiger partial charge in [-0.2, -0.15) is 13.2 Å². The van der Waals surface area contributed by atoms with Gasteiger partial charge in [-0.3, -0.25) is 4.90 Å². The normalized spacial score (nSPS) is 20.8. The van der Waals surface area contributed by atoms with Crippen molar-refractivity contribution in [3.05, 3.63) is 34.2 Å². The Labute approximate surface area is 182 Å². The number of halogens is 4. The van der Waals surface area contributed by atoms with Crippen molar-refractivity contribution >= 4 is 39.1 Å². The first-order chi connectivity index (χ1) is 14.2. The lowest BCUT2D eigenvalue weighted by atomic mass is 9.85. The van der Waals surface area contributed by atoms with Crippen molar-refractivity contribution in [3.63, 3.8) is 0 Å². The second kappa shape index (κ2) is 8.20. The molecule has 1 unspecified atom stereocenters. The number of carbonyl (C=O) groups excluding carboxylic acids is 1. The molecule has 0 saturated carbocycles. The number of carbonyl (C=O) groups is 1. The van der Waals surface area contributed by atoms with Crippen LogP contribution in [0.25, 0.3) is 10.1 Å². The Morgan fingerprint density at radius 3 is 2.67 bits per heavy atom. The van der Waals surface area contributed by atoms with Crippen LogP contribution in [-0.2, 0) is 11.3 Å². The molecule has 0 N–H and O–H groups in total. The molecule has 164 valence electrons. The third-order valence-electron chi connectivity index (χ3n) is 6.31. The number of benzene rings is 1. The number of likely N-dealkylation sites (tertiary alicyclic amines) is 2. The quantitative estimate of drug-likeness (QED) is 0.557. The second-order valence-corrected chi connectivity index (χ2v) is 9.80. The summed E-state index contributed by atoms with van der Waals surface area (Å²) in [4.78, 5) is 17.3. The van der Waals surface area contributed by atoms with Gasteiger partial charge in [-0.05, 0) is 68.8 Å². The minimum atomic E-state index is -4.54. The van der Waals surface area contributed by atoms with Crippen molar-refractivity contribution < 1.29 is 22.7 Å². The first-order valence-corrected chi connectivity index (χ1v) is 11.3. The van der Waals surface area contributed by atoms with E-state index in [9.17, 15) is 18.0 Å². The molecule has 1 atom stereocenters. The summed E-state index contributed by atoms with van der Waals surface area (Å²) in [6.07, 6.45) is -3.87. The number of piperidine rings is 1. The second-order valence-electron chi connectivity index (χ2n) is 8.20. The molecule has 4 nitrogen and oxygen atoms in total. The summed E-state index contributed by atoms with van der Waals surface area (Å²) >= 11 is 7.86. The number of hydrogen-bond acceptors (Lipinski definition) is 4. The van der Waals surface area contributed by atoms with E-state index in [2.05, 4.69) is 15.7 Å². The van der Waals surface area contributed by atoms with Gasteiger partial charge in [-0.1, -0.05) is 11.6 Å². The van der Waals surface area contributed by atoms with Gasteiger partial charge in [0.25, 0.3) is 0 Å². The van der Waals surface area contributed by atoms with Crippen LogP contribution in [0, 0.1) is 0 Å². The summed E-state index contributed by atoms with van der Waals surface area (Å²) in [5.41, 5.74) is 0.000241. The van der Waals surface area contributed by atoms with Crippen molar-refractivity contribution in [1.29, 1.82) is 0 Å². The lowest BCUT2D eigenvalue weighted by Gasteiger charge is -2.44. The smallest absolute Gasteiger partial charge is 0.425 e. The largest absolute Gasteiger partial charge is 0.437 e. The van der Waals surface area contributed by atoms with Gasteiger partial charge in [0.15, 0.2) is 6.10 Å². The van der Waals surface area contributed by atoms with E-state index >= 15 is 0 Å². The molecule has 30 heavy (non-hydrogen) atoms. The maximum absolute atomic E-state index is 12.7. The molecule has 2 saturated heterocycles. The SMILES string of the molecule is CC(OC(=O)N1CCC2(CCCN2Cc2cc3cc(Cl)ccc3s2)CC1)C(F)(F)F. The molecule has 4 rings (SSSR count). The predicted octanol–water partition coefficient (Wildman–Crippen LogP) is 6.07. The number of fused-ring (bicyclic) bond motifs is 1. The lowest BCUT2D eigenvalue weighted by molar-refractivity contribution is -0.200. The van der Waals surface area contributed by atoms with Gasteiger partial charge in [0.05, 0.1) is 0 Å². The highest BCUT2D eigenvalue weighted by molar-refractivity contribution is 7.19. The zero-order chi connectivity index (χ0) is 21.5. The number of rotatable bonds is 3.